The Hall–Kier alpha value is -3.70. The molecule has 1 aliphatic heterocycles. The summed E-state index contributed by atoms with van der Waals surface area (Å²) >= 11 is 0. The molecule has 1 aromatic rings. The van der Waals surface area contributed by atoms with Crippen LogP contribution in [0.2, 0.25) is 0 Å². The second-order valence-electron chi connectivity index (χ2n) is 10.3. The predicted molar refractivity (Wildman–Crippen MR) is 164 cm³/mol. The van der Waals surface area contributed by atoms with Gasteiger partial charge in [-0.15, -0.1) is 0 Å². The number of carbonyl (C=O) groups is 3. The van der Waals surface area contributed by atoms with Crippen LogP contribution in [0.3, 0.4) is 0 Å². The number of allylic oxidation sites excluding steroid dienone is 2. The average molecular weight is 675 g/mol. The summed E-state index contributed by atoms with van der Waals surface area (Å²) in [6.07, 6.45) is 1.62. The van der Waals surface area contributed by atoms with Gasteiger partial charge < -0.3 is 45.5 Å². The van der Waals surface area contributed by atoms with Crippen molar-refractivity contribution in [3.05, 3.63) is 62.5 Å². The molecule has 0 aliphatic carbocycles. The van der Waals surface area contributed by atoms with Crippen molar-refractivity contribution in [3.8, 4) is 0 Å². The van der Waals surface area contributed by atoms with E-state index in [0.29, 0.717) is 13.0 Å². The number of methoxy groups -OCH3 is 1. The summed E-state index contributed by atoms with van der Waals surface area (Å²) in [6, 6.07) is 4.72. The number of unbranched alkanes of at least 4 members (excludes halogenated alkanes) is 1. The highest BCUT2D eigenvalue weighted by Gasteiger charge is 2.41. The number of phosphoric acid groups is 1. The Kier molecular flexibility index (Phi) is 16.7. The number of benzene rings is 1. The van der Waals surface area contributed by atoms with Gasteiger partial charge in [-0.3, -0.25) is 19.4 Å². The molecular formula is C28H43N4O13P. The third kappa shape index (κ3) is 12.6. The summed E-state index contributed by atoms with van der Waals surface area (Å²) < 4.78 is 31.6. The Morgan fingerprint density at radius 1 is 1.09 bits per heavy atom. The lowest BCUT2D eigenvalue weighted by atomic mass is 9.79. The summed E-state index contributed by atoms with van der Waals surface area (Å²) in [7, 11) is -3.50. The molecule has 46 heavy (non-hydrogen) atoms. The first-order chi connectivity index (χ1) is 21.5. The van der Waals surface area contributed by atoms with Crippen LogP contribution >= 0.6 is 7.82 Å². The molecule has 0 radical (unpaired) electrons. The van der Waals surface area contributed by atoms with Gasteiger partial charge in [0.15, 0.2) is 0 Å². The highest BCUT2D eigenvalue weighted by atomic mass is 31.2. The van der Waals surface area contributed by atoms with E-state index in [9.17, 15) is 38.8 Å². The van der Waals surface area contributed by atoms with E-state index in [1.807, 2.05) is 0 Å². The number of nitro groups is 1. The van der Waals surface area contributed by atoms with Gasteiger partial charge in [0.05, 0.1) is 34.7 Å². The molecule has 1 heterocycles. The molecule has 258 valence electrons. The molecule has 0 saturated heterocycles. The zero-order chi connectivity index (χ0) is 35.2. The lowest BCUT2D eigenvalue weighted by molar-refractivity contribution is -0.384. The average Bonchev–Trinajstić information content (AvgIpc) is 2.96. The number of non-ortho nitro benzene ring substituents is 1. The zero-order valence-corrected chi connectivity index (χ0v) is 27.3. The Balaban J connectivity index is 0.000000908. The summed E-state index contributed by atoms with van der Waals surface area (Å²) in [5.74, 6) is -3.76. The number of carboxylic acid groups (broad SMARTS) is 1. The third-order valence-electron chi connectivity index (χ3n) is 6.53. The largest absolute Gasteiger partial charge is 0.480 e. The van der Waals surface area contributed by atoms with E-state index in [4.69, 9.17) is 30.8 Å². The van der Waals surface area contributed by atoms with Crippen LogP contribution in [0.25, 0.3) is 0 Å². The van der Waals surface area contributed by atoms with Crippen LogP contribution in [0.1, 0.15) is 58.4 Å². The molecule has 18 heteroatoms. The monoisotopic (exact) mass is 674 g/mol. The lowest BCUT2D eigenvalue weighted by Gasteiger charge is -2.37. The number of hydrogen-bond acceptors (Lipinski definition) is 13. The number of hydrogen-bond donors (Lipinski definition) is 5. The van der Waals surface area contributed by atoms with E-state index in [-0.39, 0.29) is 47.0 Å². The SMILES string of the molecule is COCCOC(=O)C1=C(C)N(COP(=O)(O)O)C(C)=C(C(=O)OC(C)C)C1c1cccc([N+](=O)[O-])c1.NCCCC[C@H](N)C(=O)O. The van der Waals surface area contributed by atoms with Crippen molar-refractivity contribution in [2.45, 2.75) is 65.0 Å². The van der Waals surface area contributed by atoms with E-state index in [1.54, 1.807) is 13.8 Å². The smallest absolute Gasteiger partial charge is 0.471 e. The van der Waals surface area contributed by atoms with Crippen molar-refractivity contribution in [2.24, 2.45) is 11.5 Å². The molecule has 1 unspecified atom stereocenters. The second-order valence-corrected chi connectivity index (χ2v) is 11.5. The number of phosphoric ester groups is 1. The van der Waals surface area contributed by atoms with Gasteiger partial charge in [0.2, 0.25) is 0 Å². The van der Waals surface area contributed by atoms with Gasteiger partial charge in [0, 0.05) is 30.6 Å². The van der Waals surface area contributed by atoms with Crippen molar-refractivity contribution in [1.29, 1.82) is 0 Å². The minimum Gasteiger partial charge on any atom is -0.480 e. The van der Waals surface area contributed by atoms with Crippen LogP contribution in [-0.2, 0) is 37.7 Å². The minimum absolute atomic E-state index is 0.0669. The first-order valence-electron chi connectivity index (χ1n) is 14.2. The fourth-order valence-electron chi connectivity index (χ4n) is 4.32. The molecule has 17 nitrogen and oxygen atoms in total. The number of nitro benzene ring substituents is 1. The van der Waals surface area contributed by atoms with Gasteiger partial charge in [0.1, 0.15) is 19.4 Å². The molecule has 0 saturated carbocycles. The highest BCUT2D eigenvalue weighted by molar-refractivity contribution is 7.46. The summed E-state index contributed by atoms with van der Waals surface area (Å²) in [5, 5.41) is 19.8. The maximum atomic E-state index is 13.3. The number of carbonyl (C=O) groups excluding carboxylic acids is 2. The number of rotatable bonds is 16. The molecule has 1 aliphatic rings. The van der Waals surface area contributed by atoms with Crippen molar-refractivity contribution in [3.63, 3.8) is 0 Å². The molecule has 7 N–H and O–H groups in total. The fraction of sp³-hybridized carbons (Fsp3) is 0.536. The third-order valence-corrected chi connectivity index (χ3v) is 6.98. The second kappa shape index (κ2) is 19.1. The zero-order valence-electron chi connectivity index (χ0n) is 26.4. The van der Waals surface area contributed by atoms with Crippen LogP contribution in [0.4, 0.5) is 5.69 Å². The standard InChI is InChI=1S/C22H29N2O11P.C6H14N2O2/c1-13(2)35-22(26)19-15(4)23(12-34-36(29,30)31)14(3)18(21(25)33-10-9-32-5)20(19)16-7-6-8-17(11-16)24(27)28;7-4-2-1-3-5(8)6(9)10/h6-8,11,13,20H,9-10,12H2,1-5H3,(H2,29,30,31);5H,1-4,7-8H2,(H,9,10)/t;5-/m.0/s1. The van der Waals surface area contributed by atoms with E-state index < -0.39 is 55.4 Å². The molecule has 1 aromatic carbocycles. The molecule has 2 atom stereocenters. The first kappa shape index (κ1) is 40.3. The Labute approximate surface area is 266 Å². The molecule has 0 aromatic heterocycles. The Morgan fingerprint density at radius 2 is 1.70 bits per heavy atom. The predicted octanol–water partition coefficient (Wildman–Crippen LogP) is 2.28. The maximum absolute atomic E-state index is 13.3. The van der Waals surface area contributed by atoms with E-state index in [1.165, 1.54) is 50.1 Å². The molecule has 2 rings (SSSR count). The van der Waals surface area contributed by atoms with Crippen LogP contribution < -0.4 is 11.5 Å². The summed E-state index contributed by atoms with van der Waals surface area (Å²) in [6.45, 7) is 6.07. The van der Waals surface area contributed by atoms with Gasteiger partial charge in [-0.1, -0.05) is 18.6 Å². The van der Waals surface area contributed by atoms with Crippen LogP contribution in [0, 0.1) is 10.1 Å². The summed E-state index contributed by atoms with van der Waals surface area (Å²) in [5.41, 5.74) is 10.6. The minimum atomic E-state index is -4.92. The van der Waals surface area contributed by atoms with Crippen molar-refractivity contribution < 1.29 is 57.5 Å². The fourth-order valence-corrected chi connectivity index (χ4v) is 4.58. The van der Waals surface area contributed by atoms with Crippen molar-refractivity contribution >= 4 is 31.4 Å². The maximum Gasteiger partial charge on any atom is 0.471 e. The highest BCUT2D eigenvalue weighted by Crippen LogP contribution is 2.45. The molecule has 0 bridgehead atoms. The van der Waals surface area contributed by atoms with Crippen LogP contribution in [0.5, 0.6) is 0 Å². The quantitative estimate of drug-likeness (QED) is 0.0553. The number of esters is 2. The number of nitrogens with two attached hydrogens (primary N) is 2. The normalized spacial score (nSPS) is 15.7. The van der Waals surface area contributed by atoms with Gasteiger partial charge in [-0.05, 0) is 52.6 Å². The molecule has 0 spiro atoms. The number of carboxylic acids is 1. The van der Waals surface area contributed by atoms with Gasteiger partial charge >= 0.3 is 25.7 Å². The topological polar surface area (TPSA) is 264 Å². The summed E-state index contributed by atoms with van der Waals surface area (Å²) in [4.78, 5) is 67.2. The molecule has 0 fully saturated rings. The number of ether oxygens (including phenoxy) is 3. The van der Waals surface area contributed by atoms with Gasteiger partial charge in [-0.25, -0.2) is 14.2 Å². The lowest BCUT2D eigenvalue weighted by Crippen LogP contribution is -2.37. The first-order valence-corrected chi connectivity index (χ1v) is 15.7. The van der Waals surface area contributed by atoms with Crippen molar-refractivity contribution in [1.82, 2.24) is 4.90 Å². The van der Waals surface area contributed by atoms with Crippen molar-refractivity contribution in [2.75, 3.05) is 33.6 Å². The van der Waals surface area contributed by atoms with Crippen LogP contribution in [-0.4, -0.2) is 88.4 Å². The van der Waals surface area contributed by atoms with Crippen LogP contribution in [0.15, 0.2) is 46.8 Å². The number of aliphatic carboxylic acids is 1. The molecule has 0 amide bonds. The van der Waals surface area contributed by atoms with E-state index in [2.05, 4.69) is 4.52 Å². The Bertz CT molecular complexity index is 1340. The van der Waals surface area contributed by atoms with E-state index >= 15 is 0 Å². The van der Waals surface area contributed by atoms with Gasteiger partial charge in [0.25, 0.3) is 5.69 Å². The Morgan fingerprint density at radius 3 is 2.20 bits per heavy atom. The van der Waals surface area contributed by atoms with E-state index in [0.717, 1.165) is 12.8 Å². The molecular weight excluding hydrogens is 631 g/mol. The number of nitrogens with zero attached hydrogens (tertiary/aromatic N) is 2. The van der Waals surface area contributed by atoms with Gasteiger partial charge in [-0.2, -0.15) is 0 Å².